The van der Waals surface area contributed by atoms with Crippen molar-refractivity contribution >= 4 is 34.5 Å². The minimum absolute atomic E-state index is 0.213. The fourth-order valence-electron chi connectivity index (χ4n) is 2.50. The topological polar surface area (TPSA) is 110 Å². The molecule has 2 rings (SSSR count). The van der Waals surface area contributed by atoms with Gasteiger partial charge >= 0.3 is 0 Å². The molecule has 1 aromatic carbocycles. The molecular formula is C17H21N3O5S. The Morgan fingerprint density at radius 3 is 2.50 bits per heavy atom. The highest BCUT2D eigenvalue weighted by Crippen LogP contribution is 2.39. The van der Waals surface area contributed by atoms with Crippen LogP contribution in [0.15, 0.2) is 23.1 Å². The van der Waals surface area contributed by atoms with E-state index < -0.39 is 11.9 Å². The van der Waals surface area contributed by atoms with Crippen molar-refractivity contribution in [2.24, 2.45) is 0 Å². The number of amides is 2. The Morgan fingerprint density at radius 1 is 1.27 bits per heavy atom. The maximum Gasteiger partial charge on any atom is 0.266 e. The summed E-state index contributed by atoms with van der Waals surface area (Å²) < 4.78 is 10.8. The molecule has 140 valence electrons. The highest BCUT2D eigenvalue weighted by Gasteiger charge is 2.21. The van der Waals surface area contributed by atoms with Crippen LogP contribution < -0.4 is 20.3 Å². The van der Waals surface area contributed by atoms with E-state index in [1.54, 1.807) is 31.8 Å². The van der Waals surface area contributed by atoms with Crippen LogP contribution in [0.2, 0.25) is 0 Å². The summed E-state index contributed by atoms with van der Waals surface area (Å²) in [5.74, 6) is 0.392. The van der Waals surface area contributed by atoms with Gasteiger partial charge in [0.05, 0.1) is 19.6 Å². The Labute approximate surface area is 155 Å². The summed E-state index contributed by atoms with van der Waals surface area (Å²) in [5.41, 5.74) is 2.99. The third-order valence-corrected chi connectivity index (χ3v) is 4.76. The molecular weight excluding hydrogens is 358 g/mol. The molecule has 0 saturated heterocycles. The first-order chi connectivity index (χ1) is 12.4. The third-order valence-electron chi connectivity index (χ3n) is 3.63. The number of fused-ring (bicyclic) bond motifs is 1. The molecule has 0 spiro atoms. The molecule has 0 fully saturated rings. The first-order valence-corrected chi connectivity index (χ1v) is 8.76. The SMILES string of the molecule is COc1ccc(OC)c2c(SCC(NC(C)=O)C(=O)NO)cc(C)nc12. The van der Waals surface area contributed by atoms with Crippen LogP contribution >= 0.6 is 11.8 Å². The molecule has 0 aliphatic carbocycles. The summed E-state index contributed by atoms with van der Waals surface area (Å²) in [6.07, 6.45) is 0. The number of hydrogen-bond acceptors (Lipinski definition) is 7. The van der Waals surface area contributed by atoms with Crippen molar-refractivity contribution in [3.63, 3.8) is 0 Å². The summed E-state index contributed by atoms with van der Waals surface area (Å²) in [7, 11) is 3.13. The Hall–Kier alpha value is -2.52. The smallest absolute Gasteiger partial charge is 0.266 e. The highest BCUT2D eigenvalue weighted by atomic mass is 32.2. The number of benzene rings is 1. The number of hydroxylamine groups is 1. The average Bonchev–Trinajstić information content (AvgIpc) is 2.62. The molecule has 0 aliphatic rings. The van der Waals surface area contributed by atoms with Crippen molar-refractivity contribution in [1.29, 1.82) is 0 Å². The number of aromatic nitrogens is 1. The molecule has 2 amide bonds. The van der Waals surface area contributed by atoms with Crippen LogP contribution in [0.5, 0.6) is 11.5 Å². The number of rotatable bonds is 7. The lowest BCUT2D eigenvalue weighted by atomic mass is 10.1. The van der Waals surface area contributed by atoms with E-state index in [4.69, 9.17) is 14.7 Å². The number of methoxy groups -OCH3 is 2. The van der Waals surface area contributed by atoms with Crippen molar-refractivity contribution in [3.05, 3.63) is 23.9 Å². The zero-order chi connectivity index (χ0) is 19.3. The van der Waals surface area contributed by atoms with Gasteiger partial charge in [0.2, 0.25) is 5.91 Å². The predicted octanol–water partition coefficient (Wildman–Crippen LogP) is 1.66. The van der Waals surface area contributed by atoms with Gasteiger partial charge in [-0.05, 0) is 25.1 Å². The second kappa shape index (κ2) is 8.72. The van der Waals surface area contributed by atoms with Gasteiger partial charge in [-0.1, -0.05) is 0 Å². The van der Waals surface area contributed by atoms with Crippen molar-refractivity contribution in [2.45, 2.75) is 24.8 Å². The largest absolute Gasteiger partial charge is 0.496 e. The van der Waals surface area contributed by atoms with E-state index in [-0.39, 0.29) is 11.7 Å². The molecule has 1 unspecified atom stereocenters. The van der Waals surface area contributed by atoms with Gasteiger partial charge < -0.3 is 14.8 Å². The van der Waals surface area contributed by atoms with E-state index in [9.17, 15) is 9.59 Å². The van der Waals surface area contributed by atoms with Crippen molar-refractivity contribution in [1.82, 2.24) is 15.8 Å². The average molecular weight is 379 g/mol. The van der Waals surface area contributed by atoms with Crippen molar-refractivity contribution in [2.75, 3.05) is 20.0 Å². The highest BCUT2D eigenvalue weighted by molar-refractivity contribution is 7.99. The Morgan fingerprint density at radius 2 is 1.92 bits per heavy atom. The van der Waals surface area contributed by atoms with Gasteiger partial charge in [0.15, 0.2) is 0 Å². The molecule has 1 atom stereocenters. The lowest BCUT2D eigenvalue weighted by molar-refractivity contribution is -0.133. The molecule has 0 bridgehead atoms. The Bertz CT molecular complexity index is 828. The summed E-state index contributed by atoms with van der Waals surface area (Å²) in [6.45, 7) is 3.16. The molecule has 2 aromatic rings. The maximum absolute atomic E-state index is 11.8. The molecule has 3 N–H and O–H groups in total. The second-order valence-corrected chi connectivity index (χ2v) is 6.56. The van der Waals surface area contributed by atoms with Gasteiger partial charge in [0, 0.05) is 23.3 Å². The summed E-state index contributed by atoms with van der Waals surface area (Å²) >= 11 is 1.34. The first-order valence-electron chi connectivity index (χ1n) is 7.77. The van der Waals surface area contributed by atoms with E-state index in [2.05, 4.69) is 10.3 Å². The van der Waals surface area contributed by atoms with Crippen LogP contribution in [0.3, 0.4) is 0 Å². The minimum Gasteiger partial charge on any atom is -0.496 e. The number of aryl methyl sites for hydroxylation is 1. The van der Waals surface area contributed by atoms with Crippen LogP contribution in [-0.4, -0.2) is 48.0 Å². The third kappa shape index (κ3) is 4.36. The van der Waals surface area contributed by atoms with E-state index in [0.717, 1.165) is 16.0 Å². The van der Waals surface area contributed by atoms with Crippen LogP contribution in [0, 0.1) is 6.92 Å². The summed E-state index contributed by atoms with van der Waals surface area (Å²) in [4.78, 5) is 28.4. The van der Waals surface area contributed by atoms with E-state index >= 15 is 0 Å². The predicted molar refractivity (Wildman–Crippen MR) is 97.8 cm³/mol. The monoisotopic (exact) mass is 379 g/mol. The maximum atomic E-state index is 11.8. The molecule has 1 aromatic heterocycles. The van der Waals surface area contributed by atoms with Crippen LogP contribution in [0.25, 0.3) is 10.9 Å². The van der Waals surface area contributed by atoms with E-state index in [1.165, 1.54) is 18.7 Å². The molecule has 0 radical (unpaired) electrons. The quantitative estimate of drug-likeness (QED) is 0.381. The Balaban J connectivity index is 2.45. The van der Waals surface area contributed by atoms with Crippen LogP contribution in [0.1, 0.15) is 12.6 Å². The first kappa shape index (κ1) is 19.8. The van der Waals surface area contributed by atoms with E-state index in [0.29, 0.717) is 17.0 Å². The molecule has 0 saturated carbocycles. The van der Waals surface area contributed by atoms with Crippen molar-refractivity contribution in [3.8, 4) is 11.5 Å². The minimum atomic E-state index is -0.886. The Kier molecular flexibility index (Phi) is 6.64. The van der Waals surface area contributed by atoms with Gasteiger partial charge in [-0.2, -0.15) is 0 Å². The fourth-order valence-corrected chi connectivity index (χ4v) is 3.68. The number of carbonyl (C=O) groups is 2. The normalized spacial score (nSPS) is 11.7. The van der Waals surface area contributed by atoms with Crippen molar-refractivity contribution < 1.29 is 24.3 Å². The molecule has 1 heterocycles. The molecule has 0 aliphatic heterocycles. The number of nitrogens with one attached hydrogen (secondary N) is 2. The lowest BCUT2D eigenvalue weighted by Crippen LogP contribution is -2.46. The molecule has 8 nitrogen and oxygen atoms in total. The summed E-state index contributed by atoms with van der Waals surface area (Å²) in [6, 6.07) is 4.55. The second-order valence-electron chi connectivity index (χ2n) is 5.50. The van der Waals surface area contributed by atoms with Crippen LogP contribution in [-0.2, 0) is 9.59 Å². The summed E-state index contributed by atoms with van der Waals surface area (Å²) in [5, 5.41) is 12.1. The van der Waals surface area contributed by atoms with Gasteiger partial charge in [-0.3, -0.25) is 14.8 Å². The zero-order valence-electron chi connectivity index (χ0n) is 15.0. The number of hydrogen-bond donors (Lipinski definition) is 3. The van der Waals surface area contributed by atoms with Gasteiger partial charge in [0.25, 0.3) is 5.91 Å². The van der Waals surface area contributed by atoms with E-state index in [1.807, 2.05) is 13.0 Å². The van der Waals surface area contributed by atoms with Gasteiger partial charge in [0.1, 0.15) is 23.1 Å². The lowest BCUT2D eigenvalue weighted by Gasteiger charge is -2.17. The number of pyridine rings is 1. The van der Waals surface area contributed by atoms with Gasteiger partial charge in [-0.15, -0.1) is 11.8 Å². The van der Waals surface area contributed by atoms with Crippen LogP contribution in [0.4, 0.5) is 0 Å². The standard InChI is InChI=1S/C17H21N3O5S/c1-9-7-14(26-8-11(17(22)20-23)19-10(2)21)15-12(24-3)5-6-13(25-4)16(15)18-9/h5-7,11,23H,8H2,1-4H3,(H,19,21)(H,20,22). The number of nitrogens with zero attached hydrogens (tertiary/aromatic N) is 1. The fraction of sp³-hybridized carbons (Fsp3) is 0.353. The molecule has 9 heteroatoms. The number of ether oxygens (including phenoxy) is 2. The molecule has 26 heavy (non-hydrogen) atoms. The number of carbonyl (C=O) groups excluding carboxylic acids is 2. The zero-order valence-corrected chi connectivity index (χ0v) is 15.8. The van der Waals surface area contributed by atoms with Gasteiger partial charge in [-0.25, -0.2) is 10.5 Å². The number of thioether (sulfide) groups is 1.